The van der Waals surface area contributed by atoms with Crippen molar-refractivity contribution in [3.05, 3.63) is 0 Å². The van der Waals surface area contributed by atoms with Crippen LogP contribution in [0.3, 0.4) is 0 Å². The van der Waals surface area contributed by atoms with Gasteiger partial charge in [-0.25, -0.2) is 0 Å². The summed E-state index contributed by atoms with van der Waals surface area (Å²) in [6.07, 6.45) is 0. The van der Waals surface area contributed by atoms with Crippen molar-refractivity contribution in [1.29, 1.82) is 0 Å². The molecular formula is C8H12N2O4. The Morgan fingerprint density at radius 2 is 1.64 bits per heavy atom. The molecular weight excluding hydrogens is 188 g/mol. The second kappa shape index (κ2) is 2.46. The van der Waals surface area contributed by atoms with Crippen molar-refractivity contribution in [2.45, 2.75) is 13.8 Å². The van der Waals surface area contributed by atoms with E-state index < -0.39 is 34.5 Å². The van der Waals surface area contributed by atoms with Gasteiger partial charge in [-0.15, -0.1) is 0 Å². The Hall–Kier alpha value is -1.59. The quantitative estimate of drug-likeness (QED) is 0.489. The summed E-state index contributed by atoms with van der Waals surface area (Å²) < 4.78 is 0. The second-order valence-electron chi connectivity index (χ2n) is 4.03. The minimum Gasteiger partial charge on any atom is -0.480 e. The van der Waals surface area contributed by atoms with Crippen LogP contribution in [0.5, 0.6) is 0 Å². The highest BCUT2D eigenvalue weighted by atomic mass is 16.4. The van der Waals surface area contributed by atoms with Crippen LogP contribution in [0.1, 0.15) is 13.8 Å². The van der Waals surface area contributed by atoms with Crippen LogP contribution in [0, 0.1) is 16.7 Å². The SMILES string of the molecule is CC1(C)C(C(N)=O)C1(C(N)=O)C(=O)O. The number of aliphatic carboxylic acids is 1. The van der Waals surface area contributed by atoms with Gasteiger partial charge in [0.05, 0.1) is 5.92 Å². The van der Waals surface area contributed by atoms with Crippen LogP contribution in [0.2, 0.25) is 0 Å². The first-order valence-electron chi connectivity index (χ1n) is 4.03. The standard InChI is InChI=1S/C8H12N2O4/c1-7(2)3(4(9)11)8(7,5(10)12)6(13)14/h3H,1-2H3,(H2,9,11)(H2,10,12)(H,13,14). The normalized spacial score (nSPS) is 33.4. The number of carbonyl (C=O) groups excluding carboxylic acids is 2. The van der Waals surface area contributed by atoms with Crippen molar-refractivity contribution < 1.29 is 19.5 Å². The monoisotopic (exact) mass is 200 g/mol. The van der Waals surface area contributed by atoms with E-state index >= 15 is 0 Å². The molecule has 0 spiro atoms. The number of amides is 2. The first-order chi connectivity index (χ1) is 6.20. The molecule has 0 aliphatic heterocycles. The maximum absolute atomic E-state index is 11.1. The summed E-state index contributed by atoms with van der Waals surface area (Å²) in [5.41, 5.74) is 7.19. The number of hydrogen-bond acceptors (Lipinski definition) is 3. The van der Waals surface area contributed by atoms with Crippen LogP contribution in [-0.2, 0) is 14.4 Å². The zero-order chi connectivity index (χ0) is 11.3. The van der Waals surface area contributed by atoms with Gasteiger partial charge >= 0.3 is 5.97 Å². The predicted molar refractivity (Wildman–Crippen MR) is 45.7 cm³/mol. The summed E-state index contributed by atoms with van der Waals surface area (Å²) in [6, 6.07) is 0. The van der Waals surface area contributed by atoms with Gasteiger partial charge in [-0.1, -0.05) is 13.8 Å². The molecule has 0 heterocycles. The molecule has 2 atom stereocenters. The molecule has 1 fully saturated rings. The van der Waals surface area contributed by atoms with Gasteiger partial charge in [0.1, 0.15) is 0 Å². The Balaban J connectivity index is 3.24. The number of primary amides is 2. The van der Waals surface area contributed by atoms with Crippen LogP contribution < -0.4 is 11.5 Å². The fraction of sp³-hybridized carbons (Fsp3) is 0.625. The average Bonchev–Trinajstić information content (AvgIpc) is 2.48. The van der Waals surface area contributed by atoms with Crippen LogP contribution in [0.25, 0.3) is 0 Å². The molecule has 1 saturated carbocycles. The zero-order valence-electron chi connectivity index (χ0n) is 7.90. The van der Waals surface area contributed by atoms with Gasteiger partial charge < -0.3 is 16.6 Å². The number of rotatable bonds is 3. The fourth-order valence-electron chi connectivity index (χ4n) is 2.30. The molecule has 1 rings (SSSR count). The molecule has 0 bridgehead atoms. The molecule has 6 nitrogen and oxygen atoms in total. The largest absolute Gasteiger partial charge is 0.480 e. The van der Waals surface area contributed by atoms with Gasteiger partial charge in [0.15, 0.2) is 5.41 Å². The zero-order valence-corrected chi connectivity index (χ0v) is 7.90. The average molecular weight is 200 g/mol. The van der Waals surface area contributed by atoms with E-state index in [0.29, 0.717) is 0 Å². The van der Waals surface area contributed by atoms with E-state index in [9.17, 15) is 14.4 Å². The molecule has 0 aromatic heterocycles. The Labute approximate surface area is 80.2 Å². The summed E-state index contributed by atoms with van der Waals surface area (Å²) in [7, 11) is 0. The molecule has 6 heteroatoms. The maximum Gasteiger partial charge on any atom is 0.320 e. The minimum absolute atomic E-state index is 0.809. The third-order valence-corrected chi connectivity index (χ3v) is 3.10. The first-order valence-corrected chi connectivity index (χ1v) is 4.03. The van der Waals surface area contributed by atoms with Crippen LogP contribution >= 0.6 is 0 Å². The third-order valence-electron chi connectivity index (χ3n) is 3.10. The predicted octanol–water partition coefficient (Wildman–Crippen LogP) is -1.32. The summed E-state index contributed by atoms with van der Waals surface area (Å²) in [6.45, 7) is 2.97. The lowest BCUT2D eigenvalue weighted by atomic mass is 9.95. The summed E-state index contributed by atoms with van der Waals surface area (Å²) in [5, 5.41) is 8.92. The summed E-state index contributed by atoms with van der Waals surface area (Å²) in [4.78, 5) is 33.0. The van der Waals surface area contributed by atoms with Crippen molar-refractivity contribution in [3.63, 3.8) is 0 Å². The molecule has 78 valence electrons. The van der Waals surface area contributed by atoms with Crippen molar-refractivity contribution >= 4 is 17.8 Å². The highest BCUT2D eigenvalue weighted by molar-refractivity contribution is 6.12. The van der Waals surface area contributed by atoms with E-state index in [1.165, 1.54) is 13.8 Å². The Morgan fingerprint density at radius 3 is 1.71 bits per heavy atom. The van der Waals surface area contributed by atoms with E-state index in [1.54, 1.807) is 0 Å². The molecule has 0 saturated heterocycles. The van der Waals surface area contributed by atoms with Gasteiger partial charge in [0, 0.05) is 5.41 Å². The van der Waals surface area contributed by atoms with E-state index in [4.69, 9.17) is 16.6 Å². The van der Waals surface area contributed by atoms with Crippen molar-refractivity contribution in [3.8, 4) is 0 Å². The number of hydrogen-bond donors (Lipinski definition) is 3. The Kier molecular flexibility index (Phi) is 1.84. The summed E-state index contributed by atoms with van der Waals surface area (Å²) in [5.74, 6) is -4.24. The molecule has 14 heavy (non-hydrogen) atoms. The lowest BCUT2D eigenvalue weighted by Crippen LogP contribution is -2.38. The molecule has 1 aliphatic carbocycles. The smallest absolute Gasteiger partial charge is 0.320 e. The van der Waals surface area contributed by atoms with Crippen molar-refractivity contribution in [2.24, 2.45) is 28.2 Å². The Morgan fingerprint density at radius 1 is 1.21 bits per heavy atom. The highest BCUT2D eigenvalue weighted by Crippen LogP contribution is 2.68. The van der Waals surface area contributed by atoms with Gasteiger partial charge in [-0.3, -0.25) is 14.4 Å². The number of nitrogens with two attached hydrogens (primary N) is 2. The molecule has 0 aromatic carbocycles. The van der Waals surface area contributed by atoms with Crippen molar-refractivity contribution in [1.82, 2.24) is 0 Å². The molecule has 0 aromatic rings. The number of carbonyl (C=O) groups is 3. The summed E-state index contributed by atoms with van der Waals surface area (Å²) >= 11 is 0. The minimum atomic E-state index is -1.83. The fourth-order valence-corrected chi connectivity index (χ4v) is 2.30. The molecule has 5 N–H and O–H groups in total. The van der Waals surface area contributed by atoms with Gasteiger partial charge in [0.2, 0.25) is 11.8 Å². The maximum atomic E-state index is 11.1. The highest BCUT2D eigenvalue weighted by Gasteiger charge is 2.82. The molecule has 2 unspecified atom stereocenters. The van der Waals surface area contributed by atoms with E-state index in [-0.39, 0.29) is 0 Å². The second-order valence-corrected chi connectivity index (χ2v) is 4.03. The molecule has 1 aliphatic rings. The molecule has 2 amide bonds. The molecule has 0 radical (unpaired) electrons. The van der Waals surface area contributed by atoms with Crippen molar-refractivity contribution in [2.75, 3.05) is 0 Å². The van der Waals surface area contributed by atoms with Gasteiger partial charge in [0.25, 0.3) is 0 Å². The van der Waals surface area contributed by atoms with Crippen LogP contribution in [0.15, 0.2) is 0 Å². The Bertz CT molecular complexity index is 320. The van der Waals surface area contributed by atoms with E-state index in [1.807, 2.05) is 0 Å². The number of carboxylic acids is 1. The first kappa shape index (κ1) is 10.5. The lowest BCUT2D eigenvalue weighted by molar-refractivity contribution is -0.151. The topological polar surface area (TPSA) is 123 Å². The van der Waals surface area contributed by atoms with E-state index in [0.717, 1.165) is 0 Å². The van der Waals surface area contributed by atoms with Gasteiger partial charge in [-0.2, -0.15) is 0 Å². The lowest BCUT2D eigenvalue weighted by Gasteiger charge is -2.09. The van der Waals surface area contributed by atoms with E-state index in [2.05, 4.69) is 0 Å². The van der Waals surface area contributed by atoms with Crippen LogP contribution in [0.4, 0.5) is 0 Å². The van der Waals surface area contributed by atoms with Gasteiger partial charge in [-0.05, 0) is 0 Å². The third kappa shape index (κ3) is 0.826. The number of carboxylic acid groups (broad SMARTS) is 1. The van der Waals surface area contributed by atoms with Crippen LogP contribution in [-0.4, -0.2) is 22.9 Å².